The predicted octanol–water partition coefficient (Wildman–Crippen LogP) is -0.486. The first kappa shape index (κ1) is 13.3. The van der Waals surface area contributed by atoms with Crippen LogP contribution in [-0.4, -0.2) is 47.4 Å². The summed E-state index contributed by atoms with van der Waals surface area (Å²) in [5, 5.41) is 17.9. The maximum absolute atomic E-state index is 13.9. The molecular weight excluding hydrogens is 238 g/mol. The average Bonchev–Trinajstić information content (AvgIpc) is 2.27. The molecule has 0 aromatic carbocycles. The number of halogens is 1. The molecule has 0 bridgehead atoms. The van der Waals surface area contributed by atoms with Gasteiger partial charge in [-0.05, 0) is 19.9 Å². The van der Waals surface area contributed by atoms with Gasteiger partial charge < -0.3 is 19.7 Å². The van der Waals surface area contributed by atoms with Crippen molar-refractivity contribution in [2.45, 2.75) is 26.1 Å². The Hall–Kier alpha value is -1.18. The van der Waals surface area contributed by atoms with Gasteiger partial charge in [0.05, 0.1) is 12.2 Å². The van der Waals surface area contributed by atoms with Crippen LogP contribution < -0.4 is 10.4 Å². The van der Waals surface area contributed by atoms with Gasteiger partial charge in [-0.3, -0.25) is 0 Å². The molecule has 0 radical (unpaired) electrons. The average molecular weight is 254 g/mol. The van der Waals surface area contributed by atoms with E-state index in [1.165, 1.54) is 6.20 Å². The Kier molecular flexibility index (Phi) is 3.84. The predicted molar refractivity (Wildman–Crippen MR) is 66.2 cm³/mol. The van der Waals surface area contributed by atoms with Gasteiger partial charge in [0.15, 0.2) is 11.6 Å². The largest absolute Gasteiger partial charge is 0.490 e. The topological polar surface area (TPSA) is 65.8 Å². The number of pyridine rings is 1. The van der Waals surface area contributed by atoms with Gasteiger partial charge in [0, 0.05) is 24.7 Å². The Morgan fingerprint density at radius 3 is 2.50 bits per heavy atom. The van der Waals surface area contributed by atoms with E-state index in [2.05, 4.69) is 4.98 Å². The maximum atomic E-state index is 13.9. The van der Waals surface area contributed by atoms with Crippen molar-refractivity contribution in [2.24, 2.45) is 0 Å². The molecule has 1 aromatic rings. The fourth-order valence-corrected chi connectivity index (χ4v) is 2.17. The summed E-state index contributed by atoms with van der Waals surface area (Å²) in [6.07, 6.45) is 1.30. The van der Waals surface area contributed by atoms with E-state index in [0.717, 1.165) is 6.07 Å². The normalized spacial score (nSPS) is 24.2. The molecule has 7 heteroatoms. The first-order chi connectivity index (χ1) is 8.47. The number of hydrogen-bond acceptors (Lipinski definition) is 5. The molecular formula is C11H16BFN2O3. The van der Waals surface area contributed by atoms with E-state index in [9.17, 15) is 4.39 Å². The van der Waals surface area contributed by atoms with Gasteiger partial charge in [-0.15, -0.1) is 0 Å². The highest BCUT2D eigenvalue weighted by Gasteiger charge is 2.26. The van der Waals surface area contributed by atoms with Crippen LogP contribution in [-0.2, 0) is 4.74 Å². The Labute approximate surface area is 105 Å². The summed E-state index contributed by atoms with van der Waals surface area (Å²) >= 11 is 0. The number of morpholine rings is 1. The summed E-state index contributed by atoms with van der Waals surface area (Å²) in [4.78, 5) is 5.77. The van der Waals surface area contributed by atoms with E-state index in [4.69, 9.17) is 14.8 Å². The molecule has 0 spiro atoms. The van der Waals surface area contributed by atoms with Crippen LogP contribution in [0.15, 0.2) is 12.3 Å². The minimum atomic E-state index is -1.71. The summed E-state index contributed by atoms with van der Waals surface area (Å²) in [5.74, 6) is -0.330. The summed E-state index contributed by atoms with van der Waals surface area (Å²) in [6.45, 7) is 4.98. The number of aromatic nitrogens is 1. The van der Waals surface area contributed by atoms with Crippen molar-refractivity contribution in [3.63, 3.8) is 0 Å². The van der Waals surface area contributed by atoms with Crippen LogP contribution in [0.5, 0.6) is 0 Å². The van der Waals surface area contributed by atoms with E-state index < -0.39 is 12.9 Å². The van der Waals surface area contributed by atoms with Crippen LogP contribution in [0.3, 0.4) is 0 Å². The highest BCUT2D eigenvalue weighted by Crippen LogP contribution is 2.20. The van der Waals surface area contributed by atoms with Crippen LogP contribution >= 0.6 is 0 Å². The van der Waals surface area contributed by atoms with E-state index in [0.29, 0.717) is 13.1 Å². The first-order valence-corrected chi connectivity index (χ1v) is 5.89. The smallest absolute Gasteiger partial charge is 0.423 e. The molecule has 1 aliphatic rings. The lowest BCUT2D eigenvalue weighted by molar-refractivity contribution is -0.00564. The highest BCUT2D eigenvalue weighted by molar-refractivity contribution is 6.58. The molecule has 0 amide bonds. The number of anilines is 1. The Balaban J connectivity index is 2.22. The maximum Gasteiger partial charge on any atom is 0.490 e. The van der Waals surface area contributed by atoms with Crippen molar-refractivity contribution in [1.82, 2.24) is 4.98 Å². The molecule has 98 valence electrons. The standard InChI is InChI=1S/C11H16BFN2O3/c1-7-5-15(6-8(2)18-7)11-10(13)3-9(4-14-11)12(16)17/h3-4,7-8,16-17H,5-6H2,1-2H3/t7-,8+. The highest BCUT2D eigenvalue weighted by atomic mass is 19.1. The third-order valence-electron chi connectivity index (χ3n) is 2.86. The number of nitrogens with zero attached hydrogens (tertiary/aromatic N) is 2. The third-order valence-corrected chi connectivity index (χ3v) is 2.86. The van der Waals surface area contributed by atoms with Crippen LogP contribution in [0.4, 0.5) is 10.2 Å². The van der Waals surface area contributed by atoms with Crippen molar-refractivity contribution in [3.05, 3.63) is 18.1 Å². The van der Waals surface area contributed by atoms with E-state index in [-0.39, 0.29) is 23.5 Å². The lowest BCUT2D eigenvalue weighted by atomic mass is 9.82. The molecule has 0 saturated carbocycles. The van der Waals surface area contributed by atoms with Crippen LogP contribution in [0.25, 0.3) is 0 Å². The Bertz CT molecular complexity index is 423. The van der Waals surface area contributed by atoms with Gasteiger partial charge >= 0.3 is 7.12 Å². The van der Waals surface area contributed by atoms with E-state index >= 15 is 0 Å². The Morgan fingerprint density at radius 2 is 2.00 bits per heavy atom. The fraction of sp³-hybridized carbons (Fsp3) is 0.545. The molecule has 2 atom stereocenters. The molecule has 1 saturated heterocycles. The van der Waals surface area contributed by atoms with Crippen LogP contribution in [0, 0.1) is 5.82 Å². The van der Waals surface area contributed by atoms with Gasteiger partial charge in [-0.25, -0.2) is 9.37 Å². The molecule has 2 rings (SSSR count). The quantitative estimate of drug-likeness (QED) is 0.697. The second-order valence-corrected chi connectivity index (χ2v) is 4.61. The third kappa shape index (κ3) is 2.80. The van der Waals surface area contributed by atoms with Gasteiger partial charge in [0.2, 0.25) is 0 Å². The number of rotatable bonds is 2. The van der Waals surface area contributed by atoms with Crippen LogP contribution in [0.2, 0.25) is 0 Å². The lowest BCUT2D eigenvalue weighted by Gasteiger charge is -2.36. The van der Waals surface area contributed by atoms with Gasteiger partial charge in [-0.1, -0.05) is 0 Å². The zero-order chi connectivity index (χ0) is 13.3. The van der Waals surface area contributed by atoms with Gasteiger partial charge in [0.25, 0.3) is 0 Å². The minimum absolute atomic E-state index is 0.0121. The SMILES string of the molecule is C[C@@H]1CN(c2ncc(B(O)O)cc2F)C[C@H](C)O1. The van der Waals surface area contributed by atoms with Crippen molar-refractivity contribution in [3.8, 4) is 0 Å². The molecule has 18 heavy (non-hydrogen) atoms. The van der Waals surface area contributed by atoms with E-state index in [1.54, 1.807) is 0 Å². The second-order valence-electron chi connectivity index (χ2n) is 4.61. The van der Waals surface area contributed by atoms with Gasteiger partial charge in [-0.2, -0.15) is 0 Å². The monoisotopic (exact) mass is 254 g/mol. The molecule has 0 aliphatic carbocycles. The van der Waals surface area contributed by atoms with Crippen molar-refractivity contribution < 1.29 is 19.2 Å². The number of ether oxygens (including phenoxy) is 1. The van der Waals surface area contributed by atoms with E-state index in [1.807, 2.05) is 18.7 Å². The van der Waals surface area contributed by atoms with Crippen molar-refractivity contribution in [1.29, 1.82) is 0 Å². The summed E-state index contributed by atoms with van der Waals surface area (Å²) in [6, 6.07) is 1.10. The molecule has 2 N–H and O–H groups in total. The molecule has 1 aromatic heterocycles. The lowest BCUT2D eigenvalue weighted by Crippen LogP contribution is -2.46. The number of hydrogen-bond donors (Lipinski definition) is 2. The molecule has 1 aliphatic heterocycles. The first-order valence-electron chi connectivity index (χ1n) is 5.89. The van der Waals surface area contributed by atoms with Crippen LogP contribution in [0.1, 0.15) is 13.8 Å². The summed E-state index contributed by atoms with van der Waals surface area (Å²) in [5.41, 5.74) is 0.0469. The molecule has 2 heterocycles. The van der Waals surface area contributed by atoms with Crippen molar-refractivity contribution >= 4 is 18.4 Å². The zero-order valence-corrected chi connectivity index (χ0v) is 10.4. The minimum Gasteiger partial charge on any atom is -0.423 e. The molecule has 1 fully saturated rings. The molecule has 0 unspecified atom stereocenters. The Morgan fingerprint density at radius 1 is 1.39 bits per heavy atom. The molecule has 5 nitrogen and oxygen atoms in total. The zero-order valence-electron chi connectivity index (χ0n) is 10.4. The van der Waals surface area contributed by atoms with Gasteiger partial charge in [0.1, 0.15) is 0 Å². The fourth-order valence-electron chi connectivity index (χ4n) is 2.17. The van der Waals surface area contributed by atoms with Crippen molar-refractivity contribution in [2.75, 3.05) is 18.0 Å². The second kappa shape index (κ2) is 5.21. The summed E-state index contributed by atoms with van der Waals surface area (Å²) < 4.78 is 19.4. The summed E-state index contributed by atoms with van der Waals surface area (Å²) in [7, 11) is -1.71.